The molecule has 184 valence electrons. The van der Waals surface area contributed by atoms with E-state index in [1.54, 1.807) is 52.3 Å². The summed E-state index contributed by atoms with van der Waals surface area (Å²) in [4.78, 5) is 28.8. The second-order valence-electron chi connectivity index (χ2n) is 9.03. The van der Waals surface area contributed by atoms with Gasteiger partial charge in [-0.1, -0.05) is 19.9 Å². The molecular formula is C25H33N3O5S. The average molecular weight is 488 g/mol. The molecule has 1 saturated heterocycles. The third-order valence-corrected chi connectivity index (χ3v) is 7.13. The minimum atomic E-state index is -3.73. The molecule has 0 atom stereocenters. The van der Waals surface area contributed by atoms with E-state index in [2.05, 4.69) is 4.72 Å². The minimum Gasteiger partial charge on any atom is -0.449 e. The van der Waals surface area contributed by atoms with Gasteiger partial charge in [0.15, 0.2) is 0 Å². The lowest BCUT2D eigenvalue weighted by molar-refractivity contribution is 0.0746. The monoisotopic (exact) mass is 487 g/mol. The zero-order valence-electron chi connectivity index (χ0n) is 20.2. The number of nitrogens with one attached hydrogen (secondary N) is 1. The van der Waals surface area contributed by atoms with Crippen LogP contribution in [-0.4, -0.2) is 63.0 Å². The molecule has 1 fully saturated rings. The number of anilines is 1. The van der Waals surface area contributed by atoms with Crippen LogP contribution in [0.1, 0.15) is 41.8 Å². The molecule has 0 radical (unpaired) electrons. The molecule has 1 N–H and O–H groups in total. The molecule has 2 aromatic rings. The van der Waals surface area contributed by atoms with E-state index in [9.17, 15) is 18.0 Å². The van der Waals surface area contributed by atoms with Crippen molar-refractivity contribution in [2.75, 3.05) is 37.5 Å². The van der Waals surface area contributed by atoms with Crippen molar-refractivity contribution in [3.63, 3.8) is 0 Å². The molecule has 1 aliphatic heterocycles. The van der Waals surface area contributed by atoms with Crippen LogP contribution >= 0.6 is 0 Å². The van der Waals surface area contributed by atoms with Crippen LogP contribution in [0.5, 0.6) is 0 Å². The van der Waals surface area contributed by atoms with Gasteiger partial charge < -0.3 is 14.5 Å². The van der Waals surface area contributed by atoms with Crippen LogP contribution in [0.2, 0.25) is 0 Å². The zero-order valence-corrected chi connectivity index (χ0v) is 21.0. The van der Waals surface area contributed by atoms with Gasteiger partial charge in [0.1, 0.15) is 0 Å². The Morgan fingerprint density at radius 2 is 1.59 bits per heavy atom. The normalized spacial score (nSPS) is 14.6. The molecule has 2 amide bonds. The van der Waals surface area contributed by atoms with Gasteiger partial charge in [0.25, 0.3) is 15.9 Å². The summed E-state index contributed by atoms with van der Waals surface area (Å²) in [6.45, 7) is 10.0. The van der Waals surface area contributed by atoms with E-state index in [-0.39, 0.29) is 22.8 Å². The third-order valence-electron chi connectivity index (χ3n) is 5.75. The molecule has 3 rings (SSSR count). The van der Waals surface area contributed by atoms with Gasteiger partial charge in [0.05, 0.1) is 11.5 Å². The highest BCUT2D eigenvalue weighted by atomic mass is 32.2. The summed E-state index contributed by atoms with van der Waals surface area (Å²) in [5, 5.41) is 0. The maximum absolute atomic E-state index is 13.0. The Hall–Kier alpha value is -3.07. The van der Waals surface area contributed by atoms with Gasteiger partial charge >= 0.3 is 6.09 Å². The summed E-state index contributed by atoms with van der Waals surface area (Å²) >= 11 is 0. The number of rotatable bonds is 6. The van der Waals surface area contributed by atoms with E-state index in [0.717, 1.165) is 11.1 Å². The van der Waals surface area contributed by atoms with Gasteiger partial charge in [-0.3, -0.25) is 9.52 Å². The maximum atomic E-state index is 13.0. The summed E-state index contributed by atoms with van der Waals surface area (Å²) in [6.07, 6.45) is 0.319. The van der Waals surface area contributed by atoms with Gasteiger partial charge in [-0.05, 0) is 73.7 Å². The third kappa shape index (κ3) is 6.50. The first-order chi connectivity index (χ1) is 16.1. The van der Waals surface area contributed by atoms with E-state index >= 15 is 0 Å². The van der Waals surface area contributed by atoms with Gasteiger partial charge in [-0.25, -0.2) is 13.2 Å². The van der Waals surface area contributed by atoms with E-state index in [1.165, 1.54) is 0 Å². The maximum Gasteiger partial charge on any atom is 0.409 e. The van der Waals surface area contributed by atoms with Crippen molar-refractivity contribution in [2.45, 2.75) is 39.0 Å². The van der Waals surface area contributed by atoms with Gasteiger partial charge in [0, 0.05) is 37.4 Å². The molecule has 8 nitrogen and oxygen atoms in total. The SMILES string of the molecule is Cc1ccc(S(=O)(=O)Nc2ccc(C(=O)N3CCCN(C(=O)OCC(C)C)CC3)cc2)cc1C. The molecule has 2 aromatic carbocycles. The van der Waals surface area contributed by atoms with E-state index < -0.39 is 10.0 Å². The highest BCUT2D eigenvalue weighted by Crippen LogP contribution is 2.20. The first-order valence-electron chi connectivity index (χ1n) is 11.5. The Bertz CT molecular complexity index is 1130. The Morgan fingerprint density at radius 3 is 2.24 bits per heavy atom. The molecule has 1 aliphatic rings. The number of nitrogens with zero attached hydrogens (tertiary/aromatic N) is 2. The second kappa shape index (κ2) is 10.9. The fraction of sp³-hybridized carbons (Fsp3) is 0.440. The van der Waals surface area contributed by atoms with Crippen molar-refractivity contribution in [3.8, 4) is 0 Å². The Labute approximate surface area is 201 Å². The molecule has 1 heterocycles. The number of amides is 2. The molecule has 0 aromatic heterocycles. The summed E-state index contributed by atoms with van der Waals surface area (Å²) in [6, 6.07) is 11.4. The lowest BCUT2D eigenvalue weighted by Crippen LogP contribution is -2.37. The van der Waals surface area contributed by atoms with Crippen LogP contribution in [0.15, 0.2) is 47.4 Å². The fourth-order valence-electron chi connectivity index (χ4n) is 3.59. The van der Waals surface area contributed by atoms with Crippen molar-refractivity contribution >= 4 is 27.7 Å². The average Bonchev–Trinajstić information content (AvgIpc) is 3.05. The predicted octanol–water partition coefficient (Wildman–Crippen LogP) is 4.04. The first kappa shape index (κ1) is 25.6. The second-order valence-corrected chi connectivity index (χ2v) is 10.7. The van der Waals surface area contributed by atoms with Crippen LogP contribution in [0.4, 0.5) is 10.5 Å². The minimum absolute atomic E-state index is 0.152. The molecule has 0 spiro atoms. The van der Waals surface area contributed by atoms with Gasteiger partial charge in [-0.15, -0.1) is 0 Å². The summed E-state index contributed by atoms with van der Waals surface area (Å²) in [5.74, 6) is 0.114. The lowest BCUT2D eigenvalue weighted by Gasteiger charge is -2.22. The predicted molar refractivity (Wildman–Crippen MR) is 131 cm³/mol. The van der Waals surface area contributed by atoms with Crippen LogP contribution in [-0.2, 0) is 14.8 Å². The molecule has 0 bridgehead atoms. The molecule has 34 heavy (non-hydrogen) atoms. The van der Waals surface area contributed by atoms with Crippen LogP contribution in [0, 0.1) is 19.8 Å². The van der Waals surface area contributed by atoms with Gasteiger partial charge in [0.2, 0.25) is 0 Å². The van der Waals surface area contributed by atoms with Crippen LogP contribution in [0.3, 0.4) is 0 Å². The van der Waals surface area contributed by atoms with Crippen molar-refractivity contribution in [1.82, 2.24) is 9.80 Å². The first-order valence-corrected chi connectivity index (χ1v) is 13.0. The number of aryl methyl sites for hydroxylation is 2. The highest BCUT2D eigenvalue weighted by Gasteiger charge is 2.24. The number of hydrogen-bond acceptors (Lipinski definition) is 5. The number of carbonyl (C=O) groups excluding carboxylic acids is 2. The van der Waals surface area contributed by atoms with E-state index in [1.807, 2.05) is 27.7 Å². The number of benzene rings is 2. The fourth-order valence-corrected chi connectivity index (χ4v) is 4.73. The molecule has 0 unspecified atom stereocenters. The molecule has 0 aliphatic carbocycles. The topological polar surface area (TPSA) is 96.0 Å². The van der Waals surface area contributed by atoms with Crippen molar-refractivity contribution < 1.29 is 22.7 Å². The Kier molecular flexibility index (Phi) is 8.19. The summed E-state index contributed by atoms with van der Waals surface area (Å²) < 4.78 is 33.3. The van der Waals surface area contributed by atoms with Gasteiger partial charge in [-0.2, -0.15) is 0 Å². The largest absolute Gasteiger partial charge is 0.449 e. The smallest absolute Gasteiger partial charge is 0.409 e. The highest BCUT2D eigenvalue weighted by molar-refractivity contribution is 7.92. The molecule has 0 saturated carbocycles. The Morgan fingerprint density at radius 1 is 0.941 bits per heavy atom. The lowest BCUT2D eigenvalue weighted by atomic mass is 10.1. The zero-order chi connectivity index (χ0) is 24.9. The molecule has 9 heteroatoms. The number of ether oxygens (including phenoxy) is 1. The van der Waals surface area contributed by atoms with Crippen LogP contribution in [0.25, 0.3) is 0 Å². The number of carbonyl (C=O) groups is 2. The molecular weight excluding hydrogens is 454 g/mol. The standard InChI is InChI=1S/C25H33N3O5S/c1-18(2)17-33-25(30)28-13-5-12-27(14-15-28)24(29)21-7-9-22(10-8-21)26-34(31,32)23-11-6-19(3)20(4)16-23/h6-11,16,18,26H,5,12-15,17H2,1-4H3. The van der Waals surface area contributed by atoms with E-state index in [0.29, 0.717) is 50.5 Å². The number of sulfonamides is 1. The van der Waals surface area contributed by atoms with Crippen LogP contribution < -0.4 is 4.72 Å². The van der Waals surface area contributed by atoms with Crippen molar-refractivity contribution in [1.29, 1.82) is 0 Å². The number of hydrogen-bond donors (Lipinski definition) is 1. The summed E-state index contributed by atoms with van der Waals surface area (Å²) in [5.41, 5.74) is 2.76. The Balaban J connectivity index is 1.61. The van der Waals surface area contributed by atoms with Crippen molar-refractivity contribution in [3.05, 3.63) is 59.2 Å². The van der Waals surface area contributed by atoms with Crippen molar-refractivity contribution in [2.24, 2.45) is 5.92 Å². The quantitative estimate of drug-likeness (QED) is 0.663. The summed E-state index contributed by atoms with van der Waals surface area (Å²) in [7, 11) is -3.73. The van der Waals surface area contributed by atoms with E-state index in [4.69, 9.17) is 4.74 Å².